The van der Waals surface area contributed by atoms with Crippen molar-refractivity contribution in [2.75, 3.05) is 13.1 Å². The molecule has 0 bridgehead atoms. The van der Waals surface area contributed by atoms with E-state index in [-0.39, 0.29) is 4.90 Å². The maximum Gasteiger partial charge on any atom is 0.244 e. The molecule has 0 aliphatic carbocycles. The molecular weight excluding hydrogens is 260 g/mol. The molecule has 17 heavy (non-hydrogen) atoms. The van der Waals surface area contributed by atoms with Gasteiger partial charge in [0.1, 0.15) is 10.0 Å². The Hall–Kier alpha value is -0.650. The van der Waals surface area contributed by atoms with Gasteiger partial charge in [-0.2, -0.15) is 4.31 Å². The summed E-state index contributed by atoms with van der Waals surface area (Å²) in [5.41, 5.74) is 0. The Morgan fingerprint density at radius 2 is 1.88 bits per heavy atom. The van der Waals surface area contributed by atoms with Gasteiger partial charge >= 0.3 is 0 Å². The molecule has 6 heteroatoms. The molecule has 1 saturated heterocycles. The summed E-state index contributed by atoms with van der Waals surface area (Å²) < 4.78 is 26.1. The molecule has 4 nitrogen and oxygen atoms in total. The molecule has 2 rings (SSSR count). The van der Waals surface area contributed by atoms with Crippen molar-refractivity contribution in [2.24, 2.45) is 11.8 Å². The number of hydrogen-bond acceptors (Lipinski definition) is 3. The van der Waals surface area contributed by atoms with Gasteiger partial charge < -0.3 is 0 Å². The van der Waals surface area contributed by atoms with Crippen molar-refractivity contribution in [3.8, 4) is 0 Å². The summed E-state index contributed by atoms with van der Waals surface area (Å²) >= 11 is 5.65. The van der Waals surface area contributed by atoms with Gasteiger partial charge in [-0.3, -0.25) is 0 Å². The number of aromatic nitrogens is 1. The van der Waals surface area contributed by atoms with Crippen LogP contribution in [-0.2, 0) is 10.0 Å². The monoisotopic (exact) mass is 274 g/mol. The number of rotatable bonds is 2. The van der Waals surface area contributed by atoms with Crippen LogP contribution in [0.5, 0.6) is 0 Å². The number of sulfonamides is 1. The molecule has 0 amide bonds. The average Bonchev–Trinajstić information content (AvgIpc) is 2.60. The zero-order chi connectivity index (χ0) is 12.6. The Bertz CT molecular complexity index is 491. The van der Waals surface area contributed by atoms with Crippen LogP contribution in [0.15, 0.2) is 23.2 Å². The highest BCUT2D eigenvalue weighted by molar-refractivity contribution is 7.89. The molecule has 0 saturated carbocycles. The maximum atomic E-state index is 12.3. The van der Waals surface area contributed by atoms with Gasteiger partial charge in [-0.1, -0.05) is 25.4 Å². The van der Waals surface area contributed by atoms with Crippen LogP contribution in [0.3, 0.4) is 0 Å². The Morgan fingerprint density at radius 3 is 2.35 bits per heavy atom. The van der Waals surface area contributed by atoms with Crippen molar-refractivity contribution in [1.29, 1.82) is 0 Å². The van der Waals surface area contributed by atoms with Gasteiger partial charge in [0.2, 0.25) is 10.0 Å². The molecule has 1 aliphatic rings. The largest absolute Gasteiger partial charge is 0.244 e. The first-order valence-corrected chi connectivity index (χ1v) is 7.35. The predicted molar refractivity (Wildman–Crippen MR) is 66.3 cm³/mol. The smallest absolute Gasteiger partial charge is 0.243 e. The maximum absolute atomic E-state index is 12.3. The molecular formula is C11H15ClN2O2S. The Morgan fingerprint density at radius 1 is 1.29 bits per heavy atom. The Labute approximate surface area is 107 Å². The van der Waals surface area contributed by atoms with E-state index in [1.165, 1.54) is 22.6 Å². The van der Waals surface area contributed by atoms with Crippen molar-refractivity contribution in [2.45, 2.75) is 18.7 Å². The van der Waals surface area contributed by atoms with E-state index in [0.29, 0.717) is 30.1 Å². The minimum absolute atomic E-state index is 0.211. The minimum atomic E-state index is -3.41. The van der Waals surface area contributed by atoms with E-state index in [9.17, 15) is 8.42 Å². The summed E-state index contributed by atoms with van der Waals surface area (Å²) in [6.07, 6.45) is 1.31. The number of pyridine rings is 1. The summed E-state index contributed by atoms with van der Waals surface area (Å²) in [7, 11) is -3.41. The van der Waals surface area contributed by atoms with Crippen molar-refractivity contribution in [1.82, 2.24) is 9.29 Å². The lowest BCUT2D eigenvalue weighted by Gasteiger charge is -2.15. The second-order valence-electron chi connectivity index (χ2n) is 4.59. The van der Waals surface area contributed by atoms with Crippen molar-refractivity contribution >= 4 is 21.6 Å². The lowest BCUT2D eigenvalue weighted by Crippen LogP contribution is -2.29. The zero-order valence-electron chi connectivity index (χ0n) is 9.80. The second kappa shape index (κ2) is 4.55. The van der Waals surface area contributed by atoms with E-state index >= 15 is 0 Å². The molecule has 1 aromatic rings. The quantitative estimate of drug-likeness (QED) is 0.775. The highest BCUT2D eigenvalue weighted by Crippen LogP contribution is 2.27. The highest BCUT2D eigenvalue weighted by Gasteiger charge is 2.34. The van der Waals surface area contributed by atoms with Gasteiger partial charge in [0.25, 0.3) is 0 Å². The third-order valence-electron chi connectivity index (χ3n) is 3.29. The van der Waals surface area contributed by atoms with E-state index in [1.54, 1.807) is 0 Å². The van der Waals surface area contributed by atoms with Gasteiger partial charge in [-0.25, -0.2) is 13.4 Å². The van der Waals surface area contributed by atoms with Gasteiger partial charge in [0.05, 0.1) is 0 Å². The summed E-state index contributed by atoms with van der Waals surface area (Å²) in [6.45, 7) is 5.29. The van der Waals surface area contributed by atoms with E-state index in [0.717, 1.165) is 0 Å². The second-order valence-corrected chi connectivity index (χ2v) is 6.92. The first-order valence-electron chi connectivity index (χ1n) is 5.53. The third-order valence-corrected chi connectivity index (χ3v) is 5.33. The van der Waals surface area contributed by atoms with Crippen LogP contribution in [0, 0.1) is 11.8 Å². The summed E-state index contributed by atoms with van der Waals surface area (Å²) in [6, 6.07) is 3.00. The van der Waals surface area contributed by atoms with Crippen LogP contribution in [0.4, 0.5) is 0 Å². The molecule has 94 valence electrons. The normalized spacial score (nSPS) is 26.3. The van der Waals surface area contributed by atoms with E-state index < -0.39 is 10.0 Å². The van der Waals surface area contributed by atoms with Crippen LogP contribution < -0.4 is 0 Å². The molecule has 0 N–H and O–H groups in total. The number of nitrogens with zero attached hydrogens (tertiary/aromatic N) is 2. The molecule has 0 radical (unpaired) electrons. The third kappa shape index (κ3) is 2.46. The molecule has 0 spiro atoms. The van der Waals surface area contributed by atoms with Gasteiger partial charge in [-0.05, 0) is 24.0 Å². The minimum Gasteiger partial charge on any atom is -0.243 e. The fraction of sp³-hybridized carbons (Fsp3) is 0.545. The summed E-state index contributed by atoms with van der Waals surface area (Å²) in [5.74, 6) is 0.787. The lowest BCUT2D eigenvalue weighted by molar-refractivity contribution is 0.463. The number of hydrogen-bond donors (Lipinski definition) is 0. The van der Waals surface area contributed by atoms with E-state index in [4.69, 9.17) is 11.6 Å². The molecule has 1 fully saturated rings. The first kappa shape index (κ1) is 12.8. The van der Waals surface area contributed by atoms with Crippen LogP contribution in [0.2, 0.25) is 5.15 Å². The van der Waals surface area contributed by atoms with Crippen molar-refractivity contribution in [3.63, 3.8) is 0 Å². The summed E-state index contributed by atoms with van der Waals surface area (Å²) in [4.78, 5) is 4.03. The zero-order valence-corrected chi connectivity index (χ0v) is 11.4. The van der Waals surface area contributed by atoms with Gasteiger partial charge in [-0.15, -0.1) is 0 Å². The standard InChI is InChI=1S/C11H15ClN2O2S/c1-8-6-14(7-9(8)2)17(15,16)10-3-4-11(12)13-5-10/h3-5,8-9H,6-7H2,1-2H3. The average molecular weight is 275 g/mol. The summed E-state index contributed by atoms with van der Waals surface area (Å²) in [5, 5.41) is 0.298. The first-order chi connectivity index (χ1) is 7.91. The SMILES string of the molecule is CC1CN(S(=O)(=O)c2ccc(Cl)nc2)CC1C. The Kier molecular flexibility index (Phi) is 3.43. The topological polar surface area (TPSA) is 50.3 Å². The van der Waals surface area contributed by atoms with Crippen molar-refractivity contribution < 1.29 is 8.42 Å². The molecule has 2 heterocycles. The predicted octanol–water partition coefficient (Wildman–Crippen LogP) is 2.01. The van der Waals surface area contributed by atoms with E-state index in [2.05, 4.69) is 18.8 Å². The van der Waals surface area contributed by atoms with Crippen LogP contribution >= 0.6 is 11.6 Å². The molecule has 2 atom stereocenters. The lowest BCUT2D eigenvalue weighted by atomic mass is 10.0. The molecule has 0 aromatic carbocycles. The fourth-order valence-corrected chi connectivity index (χ4v) is 3.64. The van der Waals surface area contributed by atoms with Gasteiger partial charge in [0.15, 0.2) is 0 Å². The highest BCUT2D eigenvalue weighted by atomic mass is 35.5. The number of halogens is 1. The Balaban J connectivity index is 2.28. The van der Waals surface area contributed by atoms with Crippen LogP contribution in [-0.4, -0.2) is 30.8 Å². The fourth-order valence-electron chi connectivity index (χ4n) is 1.94. The van der Waals surface area contributed by atoms with Crippen LogP contribution in [0.1, 0.15) is 13.8 Å². The molecule has 2 unspecified atom stereocenters. The van der Waals surface area contributed by atoms with E-state index in [1.807, 2.05) is 0 Å². The van der Waals surface area contributed by atoms with Crippen LogP contribution in [0.25, 0.3) is 0 Å². The molecule has 1 aromatic heterocycles. The molecule has 1 aliphatic heterocycles. The van der Waals surface area contributed by atoms with Crippen molar-refractivity contribution in [3.05, 3.63) is 23.5 Å². The van der Waals surface area contributed by atoms with Gasteiger partial charge in [0, 0.05) is 19.3 Å².